The van der Waals surface area contributed by atoms with Crippen molar-refractivity contribution in [2.24, 2.45) is 0 Å². The summed E-state index contributed by atoms with van der Waals surface area (Å²) in [5.41, 5.74) is 1.23. The Morgan fingerprint density at radius 1 is 0.793 bits per heavy atom. The lowest BCUT2D eigenvalue weighted by molar-refractivity contribution is 0.414. The molecule has 0 aliphatic carbocycles. The SMILES string of the molecule is COc1ccc(C(NS(=O)(=O)c2ccc(F)cc2F)c2ccc(OC)cc2)cc1. The van der Waals surface area contributed by atoms with Gasteiger partial charge in [-0.3, -0.25) is 0 Å². The van der Waals surface area contributed by atoms with Gasteiger partial charge in [0, 0.05) is 6.07 Å². The van der Waals surface area contributed by atoms with E-state index in [2.05, 4.69) is 4.72 Å². The fraction of sp³-hybridized carbons (Fsp3) is 0.143. The molecule has 0 aliphatic heterocycles. The summed E-state index contributed by atoms with van der Waals surface area (Å²) in [5.74, 6) is -0.812. The summed E-state index contributed by atoms with van der Waals surface area (Å²) in [4.78, 5) is -0.633. The number of sulfonamides is 1. The quantitative estimate of drug-likeness (QED) is 0.628. The predicted molar refractivity (Wildman–Crippen MR) is 105 cm³/mol. The molecule has 0 saturated carbocycles. The summed E-state index contributed by atoms with van der Waals surface area (Å²) in [6.07, 6.45) is 0. The minimum absolute atomic E-state index is 0.532. The van der Waals surface area contributed by atoms with Crippen LogP contribution in [0.5, 0.6) is 11.5 Å². The molecule has 0 heterocycles. The van der Waals surface area contributed by atoms with E-state index in [1.54, 1.807) is 48.5 Å². The van der Waals surface area contributed by atoms with Crippen molar-refractivity contribution < 1.29 is 26.7 Å². The second-order valence-corrected chi connectivity index (χ2v) is 7.86. The number of methoxy groups -OCH3 is 2. The van der Waals surface area contributed by atoms with E-state index in [1.165, 1.54) is 14.2 Å². The molecule has 8 heteroatoms. The van der Waals surface area contributed by atoms with Crippen LogP contribution in [0.2, 0.25) is 0 Å². The Balaban J connectivity index is 2.03. The van der Waals surface area contributed by atoms with Crippen LogP contribution in [0.4, 0.5) is 8.78 Å². The molecule has 0 aromatic heterocycles. The third kappa shape index (κ3) is 4.72. The first-order chi connectivity index (χ1) is 13.8. The molecule has 0 unspecified atom stereocenters. The average Bonchev–Trinajstić information content (AvgIpc) is 2.72. The van der Waals surface area contributed by atoms with Gasteiger partial charge in [0.1, 0.15) is 28.0 Å². The normalized spacial score (nSPS) is 11.5. The number of ether oxygens (including phenoxy) is 2. The third-order valence-corrected chi connectivity index (χ3v) is 5.81. The van der Waals surface area contributed by atoms with Gasteiger partial charge in [0.25, 0.3) is 0 Å². The minimum atomic E-state index is -4.29. The van der Waals surface area contributed by atoms with Crippen molar-refractivity contribution in [1.29, 1.82) is 0 Å². The van der Waals surface area contributed by atoms with Gasteiger partial charge in [0.2, 0.25) is 10.0 Å². The van der Waals surface area contributed by atoms with Crippen molar-refractivity contribution in [3.63, 3.8) is 0 Å². The number of hydrogen-bond acceptors (Lipinski definition) is 4. The maximum atomic E-state index is 14.1. The predicted octanol–water partition coefficient (Wildman–Crippen LogP) is 4.05. The smallest absolute Gasteiger partial charge is 0.244 e. The lowest BCUT2D eigenvalue weighted by Gasteiger charge is -2.21. The molecule has 1 N–H and O–H groups in total. The van der Waals surface area contributed by atoms with Crippen molar-refractivity contribution in [3.05, 3.63) is 89.5 Å². The highest BCUT2D eigenvalue weighted by molar-refractivity contribution is 7.89. The highest BCUT2D eigenvalue weighted by Gasteiger charge is 2.26. The van der Waals surface area contributed by atoms with Gasteiger partial charge in [-0.2, -0.15) is 4.72 Å². The van der Waals surface area contributed by atoms with Crippen LogP contribution in [0, 0.1) is 11.6 Å². The van der Waals surface area contributed by atoms with E-state index in [0.717, 1.165) is 12.1 Å². The van der Waals surface area contributed by atoms with Gasteiger partial charge >= 0.3 is 0 Å². The Morgan fingerprint density at radius 2 is 1.28 bits per heavy atom. The summed E-state index contributed by atoms with van der Waals surface area (Å²) < 4.78 is 65.8. The lowest BCUT2D eigenvalue weighted by Crippen LogP contribution is -2.30. The molecule has 152 valence electrons. The molecule has 3 rings (SSSR count). The molecule has 0 fully saturated rings. The maximum absolute atomic E-state index is 14.1. The summed E-state index contributed by atoms with van der Waals surface area (Å²) >= 11 is 0. The van der Waals surface area contributed by atoms with Crippen LogP contribution in [-0.4, -0.2) is 22.6 Å². The van der Waals surface area contributed by atoms with Gasteiger partial charge in [0.05, 0.1) is 20.3 Å². The van der Waals surface area contributed by atoms with Crippen LogP contribution in [0.3, 0.4) is 0 Å². The Hall–Kier alpha value is -2.97. The molecule has 3 aromatic rings. The number of nitrogens with one attached hydrogen (secondary N) is 1. The Kier molecular flexibility index (Phi) is 6.14. The Labute approximate surface area is 168 Å². The van der Waals surface area contributed by atoms with Crippen molar-refractivity contribution in [2.45, 2.75) is 10.9 Å². The van der Waals surface area contributed by atoms with Gasteiger partial charge in [-0.25, -0.2) is 17.2 Å². The van der Waals surface area contributed by atoms with Crippen LogP contribution in [0.15, 0.2) is 71.6 Å². The zero-order valence-electron chi connectivity index (χ0n) is 15.7. The van der Waals surface area contributed by atoms with Gasteiger partial charge in [-0.05, 0) is 47.5 Å². The van der Waals surface area contributed by atoms with Crippen molar-refractivity contribution >= 4 is 10.0 Å². The molecule has 0 amide bonds. The lowest BCUT2D eigenvalue weighted by atomic mass is 9.99. The van der Waals surface area contributed by atoms with Crippen molar-refractivity contribution in [1.82, 2.24) is 4.72 Å². The van der Waals surface area contributed by atoms with Gasteiger partial charge in [0.15, 0.2) is 0 Å². The number of hydrogen-bond donors (Lipinski definition) is 1. The Bertz CT molecular complexity index is 1040. The molecular weight excluding hydrogens is 400 g/mol. The molecule has 0 aliphatic rings. The first-order valence-electron chi connectivity index (χ1n) is 8.59. The summed E-state index contributed by atoms with van der Waals surface area (Å²) in [6.45, 7) is 0. The molecule has 0 bridgehead atoms. The first kappa shape index (κ1) is 20.8. The molecule has 0 atom stereocenters. The van der Waals surface area contributed by atoms with Gasteiger partial charge < -0.3 is 9.47 Å². The van der Waals surface area contributed by atoms with E-state index in [0.29, 0.717) is 28.7 Å². The van der Waals surface area contributed by atoms with Gasteiger partial charge in [-0.15, -0.1) is 0 Å². The van der Waals surface area contributed by atoms with Crippen LogP contribution in [-0.2, 0) is 10.0 Å². The fourth-order valence-corrected chi connectivity index (χ4v) is 4.11. The molecule has 3 aromatic carbocycles. The second kappa shape index (κ2) is 8.59. The fourth-order valence-electron chi connectivity index (χ4n) is 2.83. The number of rotatable bonds is 7. The number of benzene rings is 3. The number of halogens is 2. The monoisotopic (exact) mass is 419 g/mol. The van der Waals surface area contributed by atoms with E-state index >= 15 is 0 Å². The molecule has 0 spiro atoms. The highest BCUT2D eigenvalue weighted by atomic mass is 32.2. The van der Waals surface area contributed by atoms with E-state index in [1.807, 2.05) is 0 Å². The molecule has 29 heavy (non-hydrogen) atoms. The Morgan fingerprint density at radius 3 is 1.69 bits per heavy atom. The molecular formula is C21H19F2NO4S. The van der Waals surface area contributed by atoms with Crippen LogP contribution in [0.1, 0.15) is 17.2 Å². The summed E-state index contributed by atoms with van der Waals surface area (Å²) in [7, 11) is -1.24. The van der Waals surface area contributed by atoms with Crippen LogP contribution in [0.25, 0.3) is 0 Å². The first-order valence-corrected chi connectivity index (χ1v) is 10.1. The third-order valence-electron chi connectivity index (χ3n) is 4.35. The second-order valence-electron chi connectivity index (χ2n) is 6.18. The largest absolute Gasteiger partial charge is 0.497 e. The van der Waals surface area contributed by atoms with E-state index in [9.17, 15) is 17.2 Å². The standard InChI is InChI=1S/C21H19F2NO4S/c1-27-17-8-3-14(4-9-17)21(15-5-10-18(28-2)11-6-15)24-29(25,26)20-12-7-16(22)13-19(20)23/h3-13,21,24H,1-2H3. The van der Waals surface area contributed by atoms with Crippen LogP contribution >= 0.6 is 0 Å². The maximum Gasteiger partial charge on any atom is 0.244 e. The van der Waals surface area contributed by atoms with Gasteiger partial charge in [-0.1, -0.05) is 24.3 Å². The molecule has 0 radical (unpaired) electrons. The molecule has 5 nitrogen and oxygen atoms in total. The zero-order valence-corrected chi connectivity index (χ0v) is 16.5. The summed E-state index contributed by atoms with van der Waals surface area (Å²) in [5, 5.41) is 0. The van der Waals surface area contributed by atoms with E-state index in [-0.39, 0.29) is 0 Å². The van der Waals surface area contributed by atoms with E-state index < -0.39 is 32.6 Å². The zero-order chi connectivity index (χ0) is 21.0. The van der Waals surface area contributed by atoms with E-state index in [4.69, 9.17) is 9.47 Å². The van der Waals surface area contributed by atoms with Crippen molar-refractivity contribution in [3.8, 4) is 11.5 Å². The highest BCUT2D eigenvalue weighted by Crippen LogP contribution is 2.28. The molecule has 0 saturated heterocycles. The van der Waals surface area contributed by atoms with Crippen LogP contribution < -0.4 is 14.2 Å². The average molecular weight is 419 g/mol. The minimum Gasteiger partial charge on any atom is -0.497 e. The van der Waals surface area contributed by atoms with Crippen molar-refractivity contribution in [2.75, 3.05) is 14.2 Å². The topological polar surface area (TPSA) is 64.6 Å². The summed E-state index contributed by atoms with van der Waals surface area (Å²) in [6, 6.07) is 15.1.